The molecule has 2 amide bonds. The van der Waals surface area contributed by atoms with Crippen LogP contribution in [0.2, 0.25) is 0 Å². The van der Waals surface area contributed by atoms with Crippen LogP contribution < -0.4 is 0 Å². The number of carbonyl (C=O) groups excluding carboxylic acids is 2. The smallest absolute Gasteiger partial charge is 0.261 e. The van der Waals surface area contributed by atoms with E-state index in [9.17, 15) is 9.59 Å². The molecule has 3 aromatic carbocycles. The summed E-state index contributed by atoms with van der Waals surface area (Å²) in [7, 11) is 0. The molecule has 1 aliphatic rings. The number of fused-ring (bicyclic) bond motifs is 1. The predicted octanol–water partition coefficient (Wildman–Crippen LogP) is 6.53. The molecule has 0 aliphatic carbocycles. The van der Waals surface area contributed by atoms with Crippen LogP contribution in [0.25, 0.3) is 22.5 Å². The van der Waals surface area contributed by atoms with Gasteiger partial charge in [0.05, 0.1) is 22.5 Å². The molecule has 0 fully saturated rings. The van der Waals surface area contributed by atoms with Gasteiger partial charge in [0.15, 0.2) is 5.16 Å². The van der Waals surface area contributed by atoms with Crippen LogP contribution >= 0.6 is 11.8 Å². The van der Waals surface area contributed by atoms with E-state index < -0.39 is 0 Å². The summed E-state index contributed by atoms with van der Waals surface area (Å²) in [5.41, 5.74) is 7.61. The van der Waals surface area contributed by atoms with E-state index in [4.69, 9.17) is 4.98 Å². The third-order valence-corrected chi connectivity index (χ3v) is 7.20. The van der Waals surface area contributed by atoms with Crippen LogP contribution in [-0.2, 0) is 0 Å². The normalized spacial score (nSPS) is 12.9. The van der Waals surface area contributed by atoms with Gasteiger partial charge in [0.1, 0.15) is 0 Å². The molecule has 1 aliphatic heterocycles. The van der Waals surface area contributed by atoms with Crippen molar-refractivity contribution < 1.29 is 9.59 Å². The van der Waals surface area contributed by atoms with E-state index in [-0.39, 0.29) is 11.8 Å². The molecule has 0 atom stereocenters. The van der Waals surface area contributed by atoms with Crippen LogP contribution in [0.3, 0.4) is 0 Å². The van der Waals surface area contributed by atoms with Crippen molar-refractivity contribution in [2.24, 2.45) is 0 Å². The second-order valence-corrected chi connectivity index (χ2v) is 9.94. The third kappa shape index (κ3) is 4.80. The molecule has 0 radical (unpaired) electrons. The molecule has 0 unspecified atom stereocenters. The molecule has 6 heteroatoms. The fourth-order valence-electron chi connectivity index (χ4n) is 4.25. The summed E-state index contributed by atoms with van der Waals surface area (Å²) in [4.78, 5) is 34.9. The number of thioether (sulfide) groups is 1. The minimum atomic E-state index is -0.185. The first kappa shape index (κ1) is 23.1. The Morgan fingerprint density at radius 2 is 1.34 bits per heavy atom. The Morgan fingerprint density at radius 1 is 0.771 bits per heavy atom. The number of H-pyrrole nitrogens is 1. The van der Waals surface area contributed by atoms with Crippen molar-refractivity contribution in [2.45, 2.75) is 31.8 Å². The molecule has 2 heterocycles. The zero-order valence-corrected chi connectivity index (χ0v) is 20.7. The number of aromatic nitrogens is 2. The van der Waals surface area contributed by atoms with Gasteiger partial charge in [0, 0.05) is 23.4 Å². The Balaban J connectivity index is 1.24. The van der Waals surface area contributed by atoms with Gasteiger partial charge in [-0.2, -0.15) is 0 Å². The highest BCUT2D eigenvalue weighted by atomic mass is 32.2. The van der Waals surface area contributed by atoms with Crippen molar-refractivity contribution in [1.29, 1.82) is 0 Å². The van der Waals surface area contributed by atoms with Gasteiger partial charge in [-0.15, -0.1) is 0 Å². The number of rotatable bonds is 8. The molecule has 5 rings (SSSR count). The number of hydrogen-bond donors (Lipinski definition) is 1. The van der Waals surface area contributed by atoms with Crippen LogP contribution in [-0.4, -0.2) is 39.0 Å². The average Bonchev–Trinajstić information content (AvgIpc) is 3.40. The first-order chi connectivity index (χ1) is 17.0. The van der Waals surface area contributed by atoms with E-state index >= 15 is 0 Å². The van der Waals surface area contributed by atoms with Gasteiger partial charge in [0.2, 0.25) is 0 Å². The molecule has 35 heavy (non-hydrogen) atoms. The molecule has 5 nitrogen and oxygen atoms in total. The quantitative estimate of drug-likeness (QED) is 0.177. The molecule has 0 bridgehead atoms. The maximum atomic E-state index is 12.5. The first-order valence-electron chi connectivity index (χ1n) is 11.8. The lowest BCUT2D eigenvalue weighted by Gasteiger charge is -2.13. The predicted molar refractivity (Wildman–Crippen MR) is 141 cm³/mol. The number of hydrogen-bond acceptors (Lipinski definition) is 4. The van der Waals surface area contributed by atoms with Crippen LogP contribution in [0, 0.1) is 13.8 Å². The van der Waals surface area contributed by atoms with E-state index in [1.54, 1.807) is 36.0 Å². The summed E-state index contributed by atoms with van der Waals surface area (Å²) < 4.78 is 0. The van der Waals surface area contributed by atoms with Gasteiger partial charge >= 0.3 is 0 Å². The van der Waals surface area contributed by atoms with Crippen molar-refractivity contribution in [2.75, 3.05) is 12.3 Å². The van der Waals surface area contributed by atoms with E-state index in [1.807, 2.05) is 0 Å². The second kappa shape index (κ2) is 9.92. The maximum absolute atomic E-state index is 12.5. The first-order valence-corrected chi connectivity index (χ1v) is 12.8. The van der Waals surface area contributed by atoms with Gasteiger partial charge in [-0.1, -0.05) is 83.6 Å². The number of unbranched alkanes of at least 4 members (excludes halogenated alkanes) is 1. The largest absolute Gasteiger partial charge is 0.332 e. The summed E-state index contributed by atoms with van der Waals surface area (Å²) >= 11 is 1.67. The Labute approximate surface area is 209 Å². The molecule has 4 aromatic rings. The van der Waals surface area contributed by atoms with Crippen LogP contribution in [0.1, 0.15) is 44.7 Å². The number of benzene rings is 3. The van der Waals surface area contributed by atoms with Crippen LogP contribution in [0.5, 0.6) is 0 Å². The van der Waals surface area contributed by atoms with Gasteiger partial charge in [0.25, 0.3) is 11.8 Å². The number of carbonyl (C=O) groups is 2. The van der Waals surface area contributed by atoms with Crippen LogP contribution in [0.15, 0.2) is 78.0 Å². The lowest BCUT2D eigenvalue weighted by atomic mass is 10.0. The highest BCUT2D eigenvalue weighted by Gasteiger charge is 2.34. The van der Waals surface area contributed by atoms with Crippen molar-refractivity contribution in [3.63, 3.8) is 0 Å². The van der Waals surface area contributed by atoms with Crippen molar-refractivity contribution in [1.82, 2.24) is 14.9 Å². The lowest BCUT2D eigenvalue weighted by molar-refractivity contribution is 0.0652. The number of aromatic amines is 1. The van der Waals surface area contributed by atoms with Crippen molar-refractivity contribution >= 4 is 23.6 Å². The van der Waals surface area contributed by atoms with Gasteiger partial charge < -0.3 is 4.98 Å². The second-order valence-electron chi connectivity index (χ2n) is 8.86. The zero-order valence-electron chi connectivity index (χ0n) is 19.9. The average molecular weight is 482 g/mol. The number of aryl methyl sites for hydroxylation is 2. The fourth-order valence-corrected chi connectivity index (χ4v) is 5.12. The molecule has 0 spiro atoms. The maximum Gasteiger partial charge on any atom is 0.261 e. The number of imide groups is 1. The molecule has 1 aromatic heterocycles. The Hall–Kier alpha value is -3.64. The molecular formula is C29H27N3O2S. The summed E-state index contributed by atoms with van der Waals surface area (Å²) in [6.45, 7) is 4.60. The fraction of sp³-hybridized carbons (Fsp3) is 0.207. The summed E-state index contributed by atoms with van der Waals surface area (Å²) in [5.74, 6) is 0.474. The minimum Gasteiger partial charge on any atom is -0.332 e. The van der Waals surface area contributed by atoms with Gasteiger partial charge in [-0.25, -0.2) is 4.98 Å². The van der Waals surface area contributed by atoms with E-state index in [0.29, 0.717) is 17.7 Å². The number of amides is 2. The topological polar surface area (TPSA) is 66.1 Å². The van der Waals surface area contributed by atoms with Crippen LogP contribution in [0.4, 0.5) is 0 Å². The van der Waals surface area contributed by atoms with Crippen molar-refractivity contribution in [3.05, 3.63) is 95.1 Å². The number of imidazole rings is 1. The number of nitrogens with one attached hydrogen (secondary N) is 1. The molecule has 0 saturated heterocycles. The zero-order chi connectivity index (χ0) is 24.4. The minimum absolute atomic E-state index is 0.185. The highest BCUT2D eigenvalue weighted by Crippen LogP contribution is 2.33. The Kier molecular flexibility index (Phi) is 6.55. The summed E-state index contributed by atoms with van der Waals surface area (Å²) in [6.07, 6.45) is 1.63. The van der Waals surface area contributed by atoms with E-state index in [1.165, 1.54) is 16.0 Å². The highest BCUT2D eigenvalue weighted by molar-refractivity contribution is 7.99. The van der Waals surface area contributed by atoms with Crippen molar-refractivity contribution in [3.8, 4) is 22.5 Å². The monoisotopic (exact) mass is 481 g/mol. The lowest BCUT2D eigenvalue weighted by Crippen LogP contribution is -2.30. The third-order valence-electron chi connectivity index (χ3n) is 6.24. The molecule has 0 saturated carbocycles. The van der Waals surface area contributed by atoms with Gasteiger partial charge in [-0.05, 0) is 38.8 Å². The van der Waals surface area contributed by atoms with E-state index in [0.717, 1.165) is 46.3 Å². The molecular weight excluding hydrogens is 454 g/mol. The Bertz CT molecular complexity index is 1280. The SMILES string of the molecule is Cc1ccc(-c2nc(SCCCCN3C(=O)c4ccccc4C3=O)[nH]c2-c2ccc(C)cc2)cc1. The van der Waals surface area contributed by atoms with E-state index in [2.05, 4.69) is 67.4 Å². The molecule has 1 N–H and O–H groups in total. The standard InChI is InChI=1S/C29H27N3O2S/c1-19-9-13-21(14-10-19)25-26(22-15-11-20(2)12-16-22)31-29(30-25)35-18-6-5-17-32-27(33)23-7-3-4-8-24(23)28(32)34/h3-4,7-16H,5-6,17-18H2,1-2H3,(H,30,31). The van der Waals surface area contributed by atoms with Gasteiger partial charge in [-0.3, -0.25) is 14.5 Å². The molecule has 176 valence electrons. The summed E-state index contributed by atoms with van der Waals surface area (Å²) in [5, 5.41) is 0.872. The Morgan fingerprint density at radius 3 is 1.94 bits per heavy atom. The summed E-state index contributed by atoms with van der Waals surface area (Å²) in [6, 6.07) is 23.9. The number of nitrogens with zero attached hydrogens (tertiary/aromatic N) is 2.